The molecule has 0 bridgehead atoms. The van der Waals surface area contributed by atoms with Crippen LogP contribution in [0.2, 0.25) is 0 Å². The van der Waals surface area contributed by atoms with Crippen molar-refractivity contribution in [1.82, 2.24) is 10.2 Å². The Kier molecular flexibility index (Phi) is 5.86. The SMILES string of the molecule is O=C(Nc1ccc(-c2ccc(N3CCCC3)nn2)cc1)C1(c2ccccc2)CCOCC1. The monoisotopic (exact) mass is 428 g/mol. The van der Waals surface area contributed by atoms with Crippen molar-refractivity contribution in [1.29, 1.82) is 0 Å². The third-order valence-electron chi connectivity index (χ3n) is 6.63. The third kappa shape index (κ3) is 4.10. The molecule has 0 unspecified atom stereocenters. The molecule has 1 aromatic heterocycles. The predicted octanol–water partition coefficient (Wildman–Crippen LogP) is 4.43. The molecule has 2 aliphatic heterocycles. The minimum Gasteiger partial charge on any atom is -0.381 e. The number of benzene rings is 2. The molecular weight excluding hydrogens is 400 g/mol. The zero-order chi connectivity index (χ0) is 21.8. The number of amides is 1. The number of anilines is 2. The van der Waals surface area contributed by atoms with Gasteiger partial charge in [-0.15, -0.1) is 10.2 Å². The van der Waals surface area contributed by atoms with E-state index in [0.717, 1.165) is 41.4 Å². The van der Waals surface area contributed by atoms with Crippen molar-refractivity contribution in [2.24, 2.45) is 0 Å². The van der Waals surface area contributed by atoms with E-state index in [-0.39, 0.29) is 5.91 Å². The second-order valence-corrected chi connectivity index (χ2v) is 8.56. The smallest absolute Gasteiger partial charge is 0.235 e. The summed E-state index contributed by atoms with van der Waals surface area (Å²) in [5, 5.41) is 12.0. The molecule has 32 heavy (non-hydrogen) atoms. The highest BCUT2D eigenvalue weighted by molar-refractivity contribution is 5.99. The van der Waals surface area contributed by atoms with Crippen molar-refractivity contribution in [2.75, 3.05) is 36.5 Å². The van der Waals surface area contributed by atoms with Gasteiger partial charge in [0, 0.05) is 37.6 Å². The van der Waals surface area contributed by atoms with E-state index >= 15 is 0 Å². The molecule has 5 rings (SSSR count). The van der Waals surface area contributed by atoms with Gasteiger partial charge in [-0.25, -0.2) is 0 Å². The first-order valence-electron chi connectivity index (χ1n) is 11.4. The molecule has 2 aromatic carbocycles. The molecule has 1 amide bonds. The van der Waals surface area contributed by atoms with Crippen LogP contribution in [0, 0.1) is 0 Å². The first kappa shape index (κ1) is 20.6. The lowest BCUT2D eigenvalue weighted by molar-refractivity contribution is -0.125. The molecule has 2 saturated heterocycles. The topological polar surface area (TPSA) is 67.4 Å². The molecule has 3 aromatic rings. The van der Waals surface area contributed by atoms with E-state index in [4.69, 9.17) is 4.74 Å². The molecule has 2 aliphatic rings. The van der Waals surface area contributed by atoms with Crippen molar-refractivity contribution in [3.63, 3.8) is 0 Å². The van der Waals surface area contributed by atoms with Gasteiger partial charge in [0.2, 0.25) is 5.91 Å². The number of rotatable bonds is 5. The Morgan fingerprint density at radius 2 is 1.59 bits per heavy atom. The lowest BCUT2D eigenvalue weighted by Crippen LogP contribution is -2.44. The minimum atomic E-state index is -0.560. The molecule has 6 nitrogen and oxygen atoms in total. The lowest BCUT2D eigenvalue weighted by Gasteiger charge is -2.36. The molecule has 1 N–H and O–H groups in total. The first-order chi connectivity index (χ1) is 15.7. The van der Waals surface area contributed by atoms with E-state index in [0.29, 0.717) is 26.1 Å². The van der Waals surface area contributed by atoms with E-state index < -0.39 is 5.41 Å². The van der Waals surface area contributed by atoms with Crippen molar-refractivity contribution in [3.8, 4) is 11.3 Å². The summed E-state index contributed by atoms with van der Waals surface area (Å²) in [5.74, 6) is 0.965. The molecule has 6 heteroatoms. The average molecular weight is 429 g/mol. The van der Waals surface area contributed by atoms with Gasteiger partial charge in [-0.1, -0.05) is 42.5 Å². The molecule has 0 spiro atoms. The number of carbonyl (C=O) groups is 1. The maximum Gasteiger partial charge on any atom is 0.235 e. The van der Waals surface area contributed by atoms with E-state index in [2.05, 4.69) is 20.4 Å². The van der Waals surface area contributed by atoms with Crippen molar-refractivity contribution >= 4 is 17.4 Å². The van der Waals surface area contributed by atoms with Crippen LogP contribution in [-0.4, -0.2) is 42.4 Å². The number of nitrogens with zero attached hydrogens (tertiary/aromatic N) is 3. The number of hydrogen-bond donors (Lipinski definition) is 1. The summed E-state index contributed by atoms with van der Waals surface area (Å²) in [6.07, 6.45) is 3.80. The van der Waals surface area contributed by atoms with Crippen LogP contribution in [0.5, 0.6) is 0 Å². The van der Waals surface area contributed by atoms with Gasteiger partial charge in [-0.3, -0.25) is 4.79 Å². The van der Waals surface area contributed by atoms with Crippen LogP contribution < -0.4 is 10.2 Å². The van der Waals surface area contributed by atoms with Crippen LogP contribution in [0.4, 0.5) is 11.5 Å². The summed E-state index contributed by atoms with van der Waals surface area (Å²) < 4.78 is 5.56. The maximum atomic E-state index is 13.4. The Bertz CT molecular complexity index is 1040. The standard InChI is InChI=1S/C26H28N4O2/c31-25(26(14-18-32-19-15-26)21-6-2-1-3-7-21)27-22-10-8-20(9-11-22)23-12-13-24(29-28-23)30-16-4-5-17-30/h1-3,6-13H,4-5,14-19H2,(H,27,31). The molecule has 0 aliphatic carbocycles. The maximum absolute atomic E-state index is 13.4. The molecule has 0 atom stereocenters. The molecular formula is C26H28N4O2. The van der Waals surface area contributed by atoms with Gasteiger partial charge in [-0.2, -0.15) is 0 Å². The van der Waals surface area contributed by atoms with Gasteiger partial charge in [0.05, 0.1) is 11.1 Å². The second-order valence-electron chi connectivity index (χ2n) is 8.56. The quantitative estimate of drug-likeness (QED) is 0.651. The van der Waals surface area contributed by atoms with E-state index in [9.17, 15) is 4.79 Å². The van der Waals surface area contributed by atoms with Gasteiger partial charge in [0.25, 0.3) is 0 Å². The number of nitrogens with one attached hydrogen (secondary N) is 1. The van der Waals surface area contributed by atoms with Crippen LogP contribution in [-0.2, 0) is 14.9 Å². The molecule has 2 fully saturated rings. The Morgan fingerprint density at radius 1 is 0.875 bits per heavy atom. The lowest BCUT2D eigenvalue weighted by atomic mass is 9.73. The van der Waals surface area contributed by atoms with Crippen LogP contribution in [0.25, 0.3) is 11.3 Å². The largest absolute Gasteiger partial charge is 0.381 e. The van der Waals surface area contributed by atoms with E-state index in [1.165, 1.54) is 12.8 Å². The highest BCUT2D eigenvalue weighted by Crippen LogP contribution is 2.36. The van der Waals surface area contributed by atoms with Gasteiger partial charge in [0.1, 0.15) is 0 Å². The fourth-order valence-electron chi connectivity index (χ4n) is 4.69. The molecule has 0 radical (unpaired) electrons. The fraction of sp³-hybridized carbons (Fsp3) is 0.346. The third-order valence-corrected chi connectivity index (χ3v) is 6.63. The van der Waals surface area contributed by atoms with Crippen molar-refractivity contribution in [2.45, 2.75) is 31.1 Å². The first-order valence-corrected chi connectivity index (χ1v) is 11.4. The number of carbonyl (C=O) groups excluding carboxylic acids is 1. The summed E-state index contributed by atoms with van der Waals surface area (Å²) in [7, 11) is 0. The minimum absolute atomic E-state index is 0.0227. The Balaban J connectivity index is 1.31. The fourth-order valence-corrected chi connectivity index (χ4v) is 4.69. The highest BCUT2D eigenvalue weighted by Gasteiger charge is 2.41. The average Bonchev–Trinajstić information content (AvgIpc) is 3.41. The van der Waals surface area contributed by atoms with Crippen LogP contribution in [0.3, 0.4) is 0 Å². The summed E-state index contributed by atoms with van der Waals surface area (Å²) in [5.41, 5.74) is 3.08. The Morgan fingerprint density at radius 3 is 2.25 bits per heavy atom. The Labute approximate surface area is 188 Å². The van der Waals surface area contributed by atoms with Crippen LogP contribution in [0.1, 0.15) is 31.2 Å². The number of ether oxygens (including phenoxy) is 1. The van der Waals surface area contributed by atoms with E-state index in [1.54, 1.807) is 0 Å². The number of hydrogen-bond acceptors (Lipinski definition) is 5. The van der Waals surface area contributed by atoms with Gasteiger partial charge in [0.15, 0.2) is 5.82 Å². The summed E-state index contributed by atoms with van der Waals surface area (Å²) >= 11 is 0. The van der Waals surface area contributed by atoms with E-state index in [1.807, 2.05) is 66.7 Å². The van der Waals surface area contributed by atoms with Gasteiger partial charge < -0.3 is 15.0 Å². The summed E-state index contributed by atoms with van der Waals surface area (Å²) in [4.78, 5) is 15.7. The van der Waals surface area contributed by atoms with Crippen LogP contribution >= 0.6 is 0 Å². The molecule has 164 valence electrons. The normalized spacial score (nSPS) is 17.8. The predicted molar refractivity (Wildman–Crippen MR) is 126 cm³/mol. The molecule has 3 heterocycles. The highest BCUT2D eigenvalue weighted by atomic mass is 16.5. The van der Waals surface area contributed by atoms with Gasteiger partial charge in [-0.05, 0) is 55.5 Å². The van der Waals surface area contributed by atoms with Gasteiger partial charge >= 0.3 is 0 Å². The Hall–Kier alpha value is -3.25. The number of aromatic nitrogens is 2. The summed E-state index contributed by atoms with van der Waals surface area (Å²) in [6.45, 7) is 3.29. The second kappa shape index (κ2) is 9.09. The summed E-state index contributed by atoms with van der Waals surface area (Å²) in [6, 6.07) is 21.9. The van der Waals surface area contributed by atoms with Crippen molar-refractivity contribution < 1.29 is 9.53 Å². The van der Waals surface area contributed by atoms with Crippen molar-refractivity contribution in [3.05, 3.63) is 72.3 Å². The molecule has 0 saturated carbocycles. The van der Waals surface area contributed by atoms with Crippen LogP contribution in [0.15, 0.2) is 66.7 Å². The zero-order valence-electron chi connectivity index (χ0n) is 18.2. The zero-order valence-corrected chi connectivity index (χ0v) is 18.2.